The van der Waals surface area contributed by atoms with Gasteiger partial charge >= 0.3 is 0 Å². The molecule has 1 N–H and O–H groups in total. The van der Waals surface area contributed by atoms with Gasteiger partial charge in [0.25, 0.3) is 11.8 Å². The fourth-order valence-electron chi connectivity index (χ4n) is 3.06. The van der Waals surface area contributed by atoms with Gasteiger partial charge in [0.05, 0.1) is 12.8 Å². The van der Waals surface area contributed by atoms with Crippen molar-refractivity contribution >= 4 is 17.5 Å². The number of rotatable bonds is 7. The van der Waals surface area contributed by atoms with E-state index in [0.717, 1.165) is 5.56 Å². The van der Waals surface area contributed by atoms with Gasteiger partial charge in [-0.15, -0.1) is 0 Å². The van der Waals surface area contributed by atoms with E-state index in [9.17, 15) is 9.59 Å². The summed E-state index contributed by atoms with van der Waals surface area (Å²) in [5.74, 6) is 1.04. The average molecular weight is 399 g/mol. The van der Waals surface area contributed by atoms with Crippen LogP contribution < -0.4 is 14.8 Å². The molecule has 156 valence electrons. The number of hydrogen-bond donors (Lipinski definition) is 1. The summed E-state index contributed by atoms with van der Waals surface area (Å²) in [5, 5.41) is 2.80. The van der Waals surface area contributed by atoms with Crippen LogP contribution in [0.2, 0.25) is 0 Å². The van der Waals surface area contributed by atoms with Gasteiger partial charge in [0.2, 0.25) is 0 Å². The number of nitrogens with zero attached hydrogens (tertiary/aromatic N) is 1. The lowest BCUT2D eigenvalue weighted by Crippen LogP contribution is -2.30. The Labute approximate surface area is 172 Å². The molecular weight excluding hydrogens is 368 g/mol. The van der Waals surface area contributed by atoms with E-state index in [2.05, 4.69) is 19.2 Å². The summed E-state index contributed by atoms with van der Waals surface area (Å²) in [6.45, 7) is 8.00. The van der Waals surface area contributed by atoms with E-state index < -0.39 is 6.10 Å². The number of carbonyl (C=O) groups excluding carboxylic acids is 2. The van der Waals surface area contributed by atoms with Gasteiger partial charge in [0.15, 0.2) is 6.10 Å². The molecule has 6 nitrogen and oxygen atoms in total. The summed E-state index contributed by atoms with van der Waals surface area (Å²) in [5.41, 5.74) is 3.26. The molecule has 2 rings (SSSR count). The molecule has 1 unspecified atom stereocenters. The number of benzene rings is 2. The molecule has 0 heterocycles. The number of methoxy groups -OCH3 is 1. The fourth-order valence-corrected chi connectivity index (χ4v) is 3.06. The Balaban J connectivity index is 2.15. The van der Waals surface area contributed by atoms with E-state index in [0.29, 0.717) is 28.7 Å². The van der Waals surface area contributed by atoms with Crippen LogP contribution in [-0.2, 0) is 4.79 Å². The van der Waals surface area contributed by atoms with Crippen LogP contribution in [0.5, 0.6) is 11.5 Å². The molecule has 0 saturated carbocycles. The molecule has 0 radical (unpaired) electrons. The minimum Gasteiger partial charge on any atom is -0.495 e. The number of amides is 2. The van der Waals surface area contributed by atoms with Crippen LogP contribution in [0.1, 0.15) is 48.2 Å². The summed E-state index contributed by atoms with van der Waals surface area (Å²) in [7, 11) is 4.86. The first-order valence-corrected chi connectivity index (χ1v) is 9.61. The van der Waals surface area contributed by atoms with Gasteiger partial charge in [-0.25, -0.2) is 0 Å². The summed E-state index contributed by atoms with van der Waals surface area (Å²) in [4.78, 5) is 26.4. The number of hydrogen-bond acceptors (Lipinski definition) is 4. The van der Waals surface area contributed by atoms with Crippen LogP contribution in [0.3, 0.4) is 0 Å². The van der Waals surface area contributed by atoms with Gasteiger partial charge in [-0.2, -0.15) is 0 Å². The van der Waals surface area contributed by atoms with Crippen LogP contribution in [-0.4, -0.2) is 44.0 Å². The number of ether oxygens (including phenoxy) is 2. The molecule has 0 aliphatic heterocycles. The van der Waals surface area contributed by atoms with Gasteiger partial charge < -0.3 is 19.7 Å². The van der Waals surface area contributed by atoms with E-state index in [1.54, 1.807) is 39.2 Å². The third-order valence-corrected chi connectivity index (χ3v) is 4.66. The maximum atomic E-state index is 12.7. The number of nitrogens with one attached hydrogen (secondary N) is 1. The maximum Gasteiger partial charge on any atom is 0.265 e. The second kappa shape index (κ2) is 9.45. The molecule has 0 bridgehead atoms. The summed E-state index contributed by atoms with van der Waals surface area (Å²) >= 11 is 0. The number of anilines is 1. The van der Waals surface area contributed by atoms with Crippen molar-refractivity contribution in [2.24, 2.45) is 0 Å². The van der Waals surface area contributed by atoms with Gasteiger partial charge in [0.1, 0.15) is 11.5 Å². The van der Waals surface area contributed by atoms with Crippen molar-refractivity contribution in [3.05, 3.63) is 53.1 Å². The first-order valence-electron chi connectivity index (χ1n) is 9.61. The Hall–Kier alpha value is -3.02. The van der Waals surface area contributed by atoms with Crippen molar-refractivity contribution in [1.82, 2.24) is 4.90 Å². The highest BCUT2D eigenvalue weighted by molar-refractivity contribution is 5.99. The number of aryl methyl sites for hydroxylation is 1. The molecule has 0 aromatic heterocycles. The standard InChI is InChI=1S/C23H30N2O4/c1-14(2)19-10-9-18(12-15(19)3)29-16(4)22(26)24-20-13-17(23(27)25(5)6)8-11-21(20)28-7/h8-14,16H,1-7H3,(H,24,26). The normalized spacial score (nSPS) is 11.7. The molecule has 0 spiro atoms. The first kappa shape index (κ1) is 22.3. The molecule has 2 aromatic rings. The first-order chi connectivity index (χ1) is 13.6. The average Bonchev–Trinajstić information content (AvgIpc) is 2.66. The van der Waals surface area contributed by atoms with Crippen LogP contribution >= 0.6 is 0 Å². The van der Waals surface area contributed by atoms with Gasteiger partial charge in [-0.05, 0) is 61.2 Å². The monoisotopic (exact) mass is 398 g/mol. The highest BCUT2D eigenvalue weighted by Gasteiger charge is 2.19. The van der Waals surface area contributed by atoms with E-state index in [1.165, 1.54) is 17.6 Å². The molecule has 0 fully saturated rings. The number of carbonyl (C=O) groups is 2. The molecule has 0 aliphatic rings. The highest BCUT2D eigenvalue weighted by atomic mass is 16.5. The molecule has 0 saturated heterocycles. The van der Waals surface area contributed by atoms with Gasteiger partial charge in [-0.1, -0.05) is 19.9 Å². The second-order valence-corrected chi connectivity index (χ2v) is 7.54. The van der Waals surface area contributed by atoms with Crippen LogP contribution in [0.4, 0.5) is 5.69 Å². The largest absolute Gasteiger partial charge is 0.495 e. The Morgan fingerprint density at radius 3 is 2.28 bits per heavy atom. The highest BCUT2D eigenvalue weighted by Crippen LogP contribution is 2.27. The van der Waals surface area contributed by atoms with Crippen molar-refractivity contribution in [1.29, 1.82) is 0 Å². The van der Waals surface area contributed by atoms with Gasteiger partial charge in [-0.3, -0.25) is 9.59 Å². The molecule has 29 heavy (non-hydrogen) atoms. The zero-order valence-electron chi connectivity index (χ0n) is 18.2. The quantitative estimate of drug-likeness (QED) is 0.758. The van der Waals surface area contributed by atoms with E-state index in [1.807, 2.05) is 25.1 Å². The Kier molecular flexibility index (Phi) is 7.26. The zero-order chi connectivity index (χ0) is 21.7. The van der Waals surface area contributed by atoms with Crippen molar-refractivity contribution < 1.29 is 19.1 Å². The topological polar surface area (TPSA) is 67.9 Å². The van der Waals surface area contributed by atoms with E-state index in [-0.39, 0.29) is 11.8 Å². The summed E-state index contributed by atoms with van der Waals surface area (Å²) in [6.07, 6.45) is -0.725. The van der Waals surface area contributed by atoms with Crippen molar-refractivity contribution in [3.8, 4) is 11.5 Å². The van der Waals surface area contributed by atoms with Crippen LogP contribution in [0.25, 0.3) is 0 Å². The maximum absolute atomic E-state index is 12.7. The lowest BCUT2D eigenvalue weighted by Gasteiger charge is -2.18. The predicted molar refractivity (Wildman–Crippen MR) is 115 cm³/mol. The zero-order valence-corrected chi connectivity index (χ0v) is 18.2. The Morgan fingerprint density at radius 1 is 1.03 bits per heavy atom. The minimum absolute atomic E-state index is 0.159. The van der Waals surface area contributed by atoms with Crippen LogP contribution in [0.15, 0.2) is 36.4 Å². The minimum atomic E-state index is -0.725. The second-order valence-electron chi connectivity index (χ2n) is 7.54. The molecule has 0 aliphatic carbocycles. The fraction of sp³-hybridized carbons (Fsp3) is 0.391. The lowest BCUT2D eigenvalue weighted by molar-refractivity contribution is -0.122. The molecular formula is C23H30N2O4. The SMILES string of the molecule is COc1ccc(C(=O)N(C)C)cc1NC(=O)C(C)Oc1ccc(C(C)C)c(C)c1. The van der Waals surface area contributed by atoms with Gasteiger partial charge in [0, 0.05) is 19.7 Å². The smallest absolute Gasteiger partial charge is 0.265 e. The van der Waals surface area contributed by atoms with Crippen molar-refractivity contribution in [2.75, 3.05) is 26.5 Å². The lowest BCUT2D eigenvalue weighted by atomic mass is 9.98. The predicted octanol–water partition coefficient (Wildman–Crippen LogP) is 4.23. The van der Waals surface area contributed by atoms with E-state index >= 15 is 0 Å². The van der Waals surface area contributed by atoms with Crippen molar-refractivity contribution in [3.63, 3.8) is 0 Å². The molecule has 6 heteroatoms. The third-order valence-electron chi connectivity index (χ3n) is 4.66. The van der Waals surface area contributed by atoms with Crippen molar-refractivity contribution in [2.45, 2.75) is 39.7 Å². The van der Waals surface area contributed by atoms with E-state index in [4.69, 9.17) is 9.47 Å². The Bertz CT molecular complexity index is 890. The molecule has 2 aromatic carbocycles. The van der Waals surface area contributed by atoms with Crippen LogP contribution in [0, 0.1) is 6.92 Å². The third kappa shape index (κ3) is 5.50. The molecule has 2 amide bonds. The summed E-state index contributed by atoms with van der Waals surface area (Å²) in [6, 6.07) is 10.8. The Morgan fingerprint density at radius 2 is 1.72 bits per heavy atom. The summed E-state index contributed by atoms with van der Waals surface area (Å²) < 4.78 is 11.1. The molecule has 1 atom stereocenters.